The number of hydrogen-bond donors (Lipinski definition) is 1. The van der Waals surface area contributed by atoms with Crippen molar-refractivity contribution in [1.29, 1.82) is 5.41 Å². The maximum atomic E-state index is 12.7. The third kappa shape index (κ3) is 3.90. The van der Waals surface area contributed by atoms with E-state index in [0.29, 0.717) is 16.3 Å². The topological polar surface area (TPSA) is 117 Å². The third-order valence-corrected chi connectivity index (χ3v) is 8.02. The molecule has 2 aromatic rings. The van der Waals surface area contributed by atoms with Gasteiger partial charge in [0.2, 0.25) is 20.2 Å². The maximum Gasteiger partial charge on any atom is 0.283 e. The van der Waals surface area contributed by atoms with Crippen molar-refractivity contribution in [2.75, 3.05) is 12.9 Å². The van der Waals surface area contributed by atoms with Gasteiger partial charge in [0.1, 0.15) is 11.6 Å². The number of benzene rings is 1. The van der Waals surface area contributed by atoms with Crippen molar-refractivity contribution in [2.45, 2.75) is 20.8 Å². The van der Waals surface area contributed by atoms with Gasteiger partial charge >= 0.3 is 0 Å². The molecule has 3 heterocycles. The van der Waals surface area contributed by atoms with E-state index in [4.69, 9.17) is 21.7 Å². The molecule has 0 unspecified atom stereocenters. The average Bonchev–Trinajstić information content (AvgIpc) is 3.32. The Labute approximate surface area is 200 Å². The molecule has 0 fully saturated rings. The van der Waals surface area contributed by atoms with Crippen LogP contribution in [-0.4, -0.2) is 52.8 Å². The number of carbonyl (C=O) groups excluding carboxylic acids is 1. The van der Waals surface area contributed by atoms with Crippen LogP contribution in [0.25, 0.3) is 11.8 Å². The fourth-order valence-electron chi connectivity index (χ4n) is 3.61. The van der Waals surface area contributed by atoms with E-state index in [-0.39, 0.29) is 27.5 Å². The Balaban J connectivity index is 1.77. The van der Waals surface area contributed by atoms with Crippen molar-refractivity contribution in [3.8, 4) is 11.4 Å². The van der Waals surface area contributed by atoms with Gasteiger partial charge in [-0.1, -0.05) is 18.5 Å². The van der Waals surface area contributed by atoms with Crippen LogP contribution in [0.3, 0.4) is 0 Å². The van der Waals surface area contributed by atoms with Crippen LogP contribution in [0.15, 0.2) is 39.2 Å². The minimum atomic E-state index is -3.70. The summed E-state index contributed by atoms with van der Waals surface area (Å²) in [5.41, 5.74) is 3.17. The first-order valence-electron chi connectivity index (χ1n) is 9.83. The molecule has 0 atom stereocenters. The van der Waals surface area contributed by atoms with Crippen LogP contribution in [0.4, 0.5) is 0 Å². The lowest BCUT2D eigenvalue weighted by atomic mass is 10.1. The first-order chi connectivity index (χ1) is 15.6. The lowest BCUT2D eigenvalue weighted by molar-refractivity contribution is -0.114. The van der Waals surface area contributed by atoms with Gasteiger partial charge in [0.25, 0.3) is 5.91 Å². The molecule has 1 aromatic carbocycles. The molecule has 1 amide bonds. The van der Waals surface area contributed by atoms with Gasteiger partial charge in [-0.25, -0.2) is 13.3 Å². The number of carbonyl (C=O) groups is 1. The molecule has 4 rings (SSSR count). The van der Waals surface area contributed by atoms with Gasteiger partial charge in [-0.2, -0.15) is 9.39 Å². The summed E-state index contributed by atoms with van der Waals surface area (Å²) in [7, 11) is -2.16. The molecule has 9 nitrogen and oxygen atoms in total. The number of sulfone groups is 1. The number of amidine groups is 3. The van der Waals surface area contributed by atoms with Crippen molar-refractivity contribution in [2.24, 2.45) is 9.39 Å². The van der Waals surface area contributed by atoms with Crippen LogP contribution < -0.4 is 4.74 Å². The normalized spacial score (nSPS) is 17.4. The minimum Gasteiger partial charge on any atom is -0.495 e. The maximum absolute atomic E-state index is 12.7. The Morgan fingerprint density at radius 2 is 2.00 bits per heavy atom. The van der Waals surface area contributed by atoms with E-state index >= 15 is 0 Å². The van der Waals surface area contributed by atoms with E-state index in [1.165, 1.54) is 6.92 Å². The van der Waals surface area contributed by atoms with Crippen molar-refractivity contribution >= 4 is 61.5 Å². The van der Waals surface area contributed by atoms with Crippen LogP contribution >= 0.6 is 23.5 Å². The number of fused-ring (bicyclic) bond motifs is 1. The predicted molar refractivity (Wildman–Crippen MR) is 131 cm³/mol. The van der Waals surface area contributed by atoms with Crippen LogP contribution in [0.5, 0.6) is 5.75 Å². The summed E-state index contributed by atoms with van der Waals surface area (Å²) in [5, 5.41) is 8.81. The highest BCUT2D eigenvalue weighted by atomic mass is 35.5. The van der Waals surface area contributed by atoms with E-state index in [1.807, 2.05) is 30.5 Å². The quantitative estimate of drug-likeness (QED) is 0.499. The van der Waals surface area contributed by atoms with E-state index in [9.17, 15) is 13.2 Å². The van der Waals surface area contributed by atoms with Crippen LogP contribution in [-0.2, 0) is 14.6 Å². The second-order valence-electron chi connectivity index (χ2n) is 7.29. The molecule has 0 aliphatic carbocycles. The molecule has 0 radical (unpaired) electrons. The standard InChI is InChI=1S/C21H20ClN5O4S2/c1-5-33(29,30)21-25-32-20-24-19(28)15(18(23)27(20)21)9-13-8-11(2)26(12(13)3)14-6-7-17(31-4)16(22)10-14/h6-10,23H,5H2,1-4H3/b15-9-,23-18?. The lowest BCUT2D eigenvalue weighted by Crippen LogP contribution is -2.45. The zero-order chi connectivity index (χ0) is 24.1. The molecule has 0 saturated carbocycles. The second kappa shape index (κ2) is 8.47. The Bertz CT molecular complexity index is 1410. The lowest BCUT2D eigenvalue weighted by Gasteiger charge is -2.24. The van der Waals surface area contributed by atoms with Gasteiger partial charge in [0, 0.05) is 17.1 Å². The molecule has 172 valence electrons. The van der Waals surface area contributed by atoms with Gasteiger partial charge in [-0.05, 0) is 49.8 Å². The summed E-state index contributed by atoms with van der Waals surface area (Å²) >= 11 is 7.07. The number of methoxy groups -OCH3 is 1. The van der Waals surface area contributed by atoms with Crippen LogP contribution in [0, 0.1) is 19.3 Å². The van der Waals surface area contributed by atoms with Crippen molar-refractivity contribution in [1.82, 2.24) is 9.47 Å². The first-order valence-corrected chi connectivity index (χ1v) is 12.6. The summed E-state index contributed by atoms with van der Waals surface area (Å²) in [4.78, 5) is 17.8. The minimum absolute atomic E-state index is 0.0201. The van der Waals surface area contributed by atoms with E-state index in [1.54, 1.807) is 25.3 Å². The molecule has 2 aliphatic rings. The summed E-state index contributed by atoms with van der Waals surface area (Å²) in [6.45, 7) is 5.28. The highest BCUT2D eigenvalue weighted by molar-refractivity contribution is 8.16. The van der Waals surface area contributed by atoms with E-state index < -0.39 is 15.7 Å². The van der Waals surface area contributed by atoms with Crippen molar-refractivity contribution in [3.63, 3.8) is 0 Å². The second-order valence-corrected chi connectivity index (χ2v) is 10.6. The van der Waals surface area contributed by atoms with Gasteiger partial charge in [-0.15, -0.1) is 0 Å². The fourth-order valence-corrected chi connectivity index (χ4v) is 5.82. The number of nitrogens with zero attached hydrogens (tertiary/aromatic N) is 4. The molecule has 1 aromatic heterocycles. The van der Waals surface area contributed by atoms with Gasteiger partial charge < -0.3 is 9.30 Å². The Morgan fingerprint density at radius 3 is 2.64 bits per heavy atom. The Hall–Kier alpha value is -2.89. The molecule has 0 spiro atoms. The molecular formula is C21H20ClN5O4S2. The molecule has 12 heteroatoms. The number of nitrogens with one attached hydrogen (secondary N) is 1. The number of aromatic nitrogens is 1. The Morgan fingerprint density at radius 1 is 1.27 bits per heavy atom. The zero-order valence-corrected chi connectivity index (χ0v) is 20.6. The molecule has 0 bridgehead atoms. The SMILES string of the molecule is CCS(=O)(=O)C1=NSC2=NC(=O)/C(=C\c3cc(C)n(-c4ccc(OC)c(Cl)c4)c3C)C(=N)N21. The molecule has 0 saturated heterocycles. The number of rotatable bonds is 4. The zero-order valence-electron chi connectivity index (χ0n) is 18.2. The van der Waals surface area contributed by atoms with Gasteiger partial charge in [-0.3, -0.25) is 10.2 Å². The number of aryl methyl sites for hydroxylation is 1. The largest absolute Gasteiger partial charge is 0.495 e. The smallest absolute Gasteiger partial charge is 0.283 e. The summed E-state index contributed by atoms with van der Waals surface area (Å²) < 4.78 is 36.0. The molecule has 1 N–H and O–H groups in total. The number of ether oxygens (including phenoxy) is 1. The van der Waals surface area contributed by atoms with Crippen LogP contribution in [0.2, 0.25) is 5.02 Å². The Kier molecular flexibility index (Phi) is 5.97. The summed E-state index contributed by atoms with van der Waals surface area (Å²) in [6, 6.07) is 7.29. The summed E-state index contributed by atoms with van der Waals surface area (Å²) in [6.07, 6.45) is 1.55. The fraction of sp³-hybridized carbons (Fsp3) is 0.238. The highest BCUT2D eigenvalue weighted by Gasteiger charge is 2.42. The van der Waals surface area contributed by atoms with Gasteiger partial charge in [0.15, 0.2) is 0 Å². The monoisotopic (exact) mass is 505 g/mol. The third-order valence-electron chi connectivity index (χ3n) is 5.32. The number of amides is 1. The average molecular weight is 506 g/mol. The molecule has 33 heavy (non-hydrogen) atoms. The van der Waals surface area contributed by atoms with E-state index in [2.05, 4.69) is 9.39 Å². The summed E-state index contributed by atoms with van der Waals surface area (Å²) in [5.74, 6) is -0.519. The number of aliphatic imine (C=N–C) groups is 1. The van der Waals surface area contributed by atoms with E-state index in [0.717, 1.165) is 33.9 Å². The number of hydrogen-bond acceptors (Lipinski definition) is 7. The van der Waals surface area contributed by atoms with Crippen molar-refractivity contribution in [3.05, 3.63) is 51.8 Å². The highest BCUT2D eigenvalue weighted by Crippen LogP contribution is 2.32. The first kappa shape index (κ1) is 23.3. The molecular weight excluding hydrogens is 486 g/mol. The number of halogens is 1. The van der Waals surface area contributed by atoms with Crippen LogP contribution in [0.1, 0.15) is 23.9 Å². The molecule has 2 aliphatic heterocycles. The predicted octanol–water partition coefficient (Wildman–Crippen LogP) is 3.77. The van der Waals surface area contributed by atoms with Crippen molar-refractivity contribution < 1.29 is 17.9 Å². The van der Waals surface area contributed by atoms with Gasteiger partial charge in [0.05, 0.1) is 35.4 Å².